The van der Waals surface area contributed by atoms with Gasteiger partial charge in [0.1, 0.15) is 11.5 Å². The van der Waals surface area contributed by atoms with Crippen molar-refractivity contribution in [1.29, 1.82) is 0 Å². The lowest BCUT2D eigenvalue weighted by atomic mass is 10.0. The average molecular weight is 537 g/mol. The van der Waals surface area contributed by atoms with Crippen molar-refractivity contribution < 1.29 is 17.9 Å². The van der Waals surface area contributed by atoms with E-state index in [0.717, 1.165) is 11.2 Å². The van der Waals surface area contributed by atoms with Gasteiger partial charge in [-0.25, -0.2) is 9.97 Å². The molecule has 1 saturated heterocycles. The van der Waals surface area contributed by atoms with E-state index in [-0.39, 0.29) is 29.2 Å². The molecule has 0 saturated carbocycles. The van der Waals surface area contributed by atoms with Crippen LogP contribution in [0.1, 0.15) is 25.1 Å². The first-order valence-electron chi connectivity index (χ1n) is 12.1. The minimum atomic E-state index is -4.61. The van der Waals surface area contributed by atoms with Gasteiger partial charge in [-0.3, -0.25) is 9.36 Å². The van der Waals surface area contributed by atoms with Crippen LogP contribution in [0.5, 0.6) is 0 Å². The van der Waals surface area contributed by atoms with Gasteiger partial charge >= 0.3 is 6.18 Å². The predicted molar refractivity (Wildman–Crippen MR) is 141 cm³/mol. The molecule has 2 aromatic heterocycles. The van der Waals surface area contributed by atoms with Gasteiger partial charge in [0.25, 0.3) is 5.56 Å². The molecule has 4 rings (SSSR count). The van der Waals surface area contributed by atoms with E-state index in [4.69, 9.17) is 4.74 Å². The molecule has 200 valence electrons. The Hall–Kier alpha value is -3.12. The van der Waals surface area contributed by atoms with Crippen molar-refractivity contribution in [2.45, 2.75) is 38.6 Å². The fraction of sp³-hybridized carbons (Fsp3) is 0.480. The van der Waals surface area contributed by atoms with Gasteiger partial charge in [-0.1, -0.05) is 6.92 Å². The van der Waals surface area contributed by atoms with E-state index < -0.39 is 17.3 Å². The van der Waals surface area contributed by atoms with Crippen LogP contribution in [0.4, 0.5) is 29.7 Å². The highest BCUT2D eigenvalue weighted by molar-refractivity contribution is 7.13. The Morgan fingerprint density at radius 2 is 2.00 bits per heavy atom. The number of rotatable bonds is 8. The Morgan fingerprint density at radius 1 is 1.24 bits per heavy atom. The number of ether oxygens (including phenoxy) is 1. The number of halogens is 3. The highest BCUT2D eigenvalue weighted by Gasteiger charge is 2.37. The zero-order valence-electron chi connectivity index (χ0n) is 21.5. The van der Waals surface area contributed by atoms with E-state index in [1.807, 2.05) is 19.2 Å². The lowest BCUT2D eigenvalue weighted by molar-refractivity contribution is -0.137. The van der Waals surface area contributed by atoms with Gasteiger partial charge in [0.15, 0.2) is 5.13 Å². The molecule has 0 amide bonds. The molecule has 8 nitrogen and oxygen atoms in total. The molecule has 0 spiro atoms. The van der Waals surface area contributed by atoms with E-state index in [0.29, 0.717) is 37.5 Å². The van der Waals surface area contributed by atoms with Crippen LogP contribution in [-0.2, 0) is 24.4 Å². The fourth-order valence-electron chi connectivity index (χ4n) is 4.54. The molecule has 0 radical (unpaired) electrons. The maximum atomic E-state index is 14.0. The maximum absolute atomic E-state index is 14.0. The Morgan fingerprint density at radius 3 is 2.59 bits per heavy atom. The summed E-state index contributed by atoms with van der Waals surface area (Å²) < 4.78 is 49.3. The lowest BCUT2D eigenvalue weighted by Crippen LogP contribution is -2.38. The number of aromatic nitrogens is 3. The number of hydrogen-bond donors (Lipinski definition) is 1. The molecule has 3 heterocycles. The standard InChI is InChI=1S/C25H31F3N6O2S/c1-6-18-21(30-19-13-34(14-20(19)36-7-2)24-29-10-11-37-24)23(35)33(5)22(31-18)16-9-8-15(32(3)4)12-17(16)25(26,27)28/h8-12,19-20,30H,6-7,13-14H2,1-5H3/t19?,20-/m0/s1. The summed E-state index contributed by atoms with van der Waals surface area (Å²) >= 11 is 1.53. The lowest BCUT2D eigenvalue weighted by Gasteiger charge is -2.23. The molecule has 0 bridgehead atoms. The summed E-state index contributed by atoms with van der Waals surface area (Å²) in [4.78, 5) is 26.2. The molecule has 0 aliphatic carbocycles. The molecule has 1 unspecified atom stereocenters. The summed E-state index contributed by atoms with van der Waals surface area (Å²) in [6.45, 7) is 5.42. The van der Waals surface area contributed by atoms with Gasteiger partial charge in [-0.05, 0) is 31.5 Å². The van der Waals surface area contributed by atoms with Crippen LogP contribution in [-0.4, -0.2) is 60.5 Å². The highest BCUT2D eigenvalue weighted by Crippen LogP contribution is 2.38. The van der Waals surface area contributed by atoms with Crippen LogP contribution in [0.2, 0.25) is 0 Å². The third kappa shape index (κ3) is 5.45. The summed E-state index contributed by atoms with van der Waals surface area (Å²) in [7, 11) is 4.80. The van der Waals surface area contributed by atoms with Crippen molar-refractivity contribution in [2.75, 3.05) is 48.9 Å². The van der Waals surface area contributed by atoms with Crippen molar-refractivity contribution in [3.05, 3.63) is 51.4 Å². The zero-order chi connectivity index (χ0) is 26.9. The molecular weight excluding hydrogens is 505 g/mol. The van der Waals surface area contributed by atoms with E-state index in [1.165, 1.54) is 29.0 Å². The second-order valence-electron chi connectivity index (χ2n) is 9.06. The average Bonchev–Trinajstić information content (AvgIpc) is 3.52. The first kappa shape index (κ1) is 26.9. The van der Waals surface area contributed by atoms with E-state index in [1.54, 1.807) is 31.3 Å². The second-order valence-corrected chi connectivity index (χ2v) is 9.93. The fourth-order valence-corrected chi connectivity index (χ4v) is 5.20. The van der Waals surface area contributed by atoms with Crippen LogP contribution in [0, 0.1) is 0 Å². The monoisotopic (exact) mass is 536 g/mol. The number of benzene rings is 1. The second kappa shape index (κ2) is 10.7. The molecule has 1 aliphatic rings. The van der Waals surface area contributed by atoms with Gasteiger partial charge in [-0.15, -0.1) is 11.3 Å². The largest absolute Gasteiger partial charge is 0.417 e. The van der Waals surface area contributed by atoms with E-state index >= 15 is 0 Å². The Kier molecular flexibility index (Phi) is 7.79. The Labute approximate surface area is 217 Å². The predicted octanol–water partition coefficient (Wildman–Crippen LogP) is 4.26. The highest BCUT2D eigenvalue weighted by atomic mass is 32.1. The molecule has 12 heteroatoms. The molecule has 1 N–H and O–H groups in total. The maximum Gasteiger partial charge on any atom is 0.417 e. The van der Waals surface area contributed by atoms with Crippen LogP contribution in [0.25, 0.3) is 11.4 Å². The van der Waals surface area contributed by atoms with Gasteiger partial charge in [-0.2, -0.15) is 13.2 Å². The first-order valence-corrected chi connectivity index (χ1v) is 12.9. The summed E-state index contributed by atoms with van der Waals surface area (Å²) in [6.07, 6.45) is -2.70. The molecule has 2 atom stereocenters. The van der Waals surface area contributed by atoms with Gasteiger partial charge in [0.05, 0.1) is 23.4 Å². The van der Waals surface area contributed by atoms with E-state index in [9.17, 15) is 18.0 Å². The Bertz CT molecular complexity index is 1290. The number of hydrogen-bond acceptors (Lipinski definition) is 8. The minimum Gasteiger partial charge on any atom is -0.378 e. The zero-order valence-corrected chi connectivity index (χ0v) is 22.3. The van der Waals surface area contributed by atoms with Crippen LogP contribution < -0.4 is 20.7 Å². The van der Waals surface area contributed by atoms with Crippen molar-refractivity contribution in [3.63, 3.8) is 0 Å². The summed E-state index contributed by atoms with van der Waals surface area (Å²) in [5.74, 6) is -0.0257. The summed E-state index contributed by atoms with van der Waals surface area (Å²) in [5, 5.41) is 6.10. The third-order valence-corrected chi connectivity index (χ3v) is 7.27. The quantitative estimate of drug-likeness (QED) is 0.461. The smallest absolute Gasteiger partial charge is 0.378 e. The first-order chi connectivity index (χ1) is 17.5. The van der Waals surface area contributed by atoms with Crippen LogP contribution >= 0.6 is 11.3 Å². The molecular formula is C25H31F3N6O2S. The number of aryl methyl sites for hydroxylation is 1. The number of nitrogens with one attached hydrogen (secondary N) is 1. The molecule has 37 heavy (non-hydrogen) atoms. The third-order valence-electron chi connectivity index (χ3n) is 6.43. The van der Waals surface area contributed by atoms with Gasteiger partial charge in [0.2, 0.25) is 0 Å². The number of anilines is 3. The van der Waals surface area contributed by atoms with Gasteiger partial charge < -0.3 is 19.9 Å². The van der Waals surface area contributed by atoms with Crippen LogP contribution in [0.3, 0.4) is 0 Å². The molecule has 1 aromatic carbocycles. The summed E-state index contributed by atoms with van der Waals surface area (Å²) in [6, 6.07) is 3.82. The minimum absolute atomic E-state index is 0.0257. The van der Waals surface area contributed by atoms with Crippen LogP contribution in [0.15, 0.2) is 34.6 Å². The topological polar surface area (TPSA) is 75.5 Å². The number of thiazole rings is 1. The van der Waals surface area contributed by atoms with Crippen molar-refractivity contribution in [2.24, 2.45) is 7.05 Å². The molecule has 1 aliphatic heterocycles. The van der Waals surface area contributed by atoms with Crippen molar-refractivity contribution in [3.8, 4) is 11.4 Å². The number of nitrogens with zero attached hydrogens (tertiary/aromatic N) is 5. The van der Waals surface area contributed by atoms with E-state index in [2.05, 4.69) is 20.2 Å². The molecule has 1 fully saturated rings. The normalized spacial score (nSPS) is 17.9. The summed E-state index contributed by atoms with van der Waals surface area (Å²) in [5.41, 5.74) is -0.316. The number of alkyl halides is 3. The van der Waals surface area contributed by atoms with Gasteiger partial charge in [0, 0.05) is 63.7 Å². The molecule has 3 aromatic rings. The Balaban J connectivity index is 1.74. The van der Waals surface area contributed by atoms with Crippen molar-refractivity contribution >= 4 is 27.8 Å². The SMILES string of the molecule is CCO[C@H]1CN(c2nccs2)CC1Nc1c(CC)nc(-c2ccc(N(C)C)cc2C(F)(F)F)n(C)c1=O. The van der Waals surface area contributed by atoms with Crippen molar-refractivity contribution in [1.82, 2.24) is 14.5 Å².